The topological polar surface area (TPSA) is 61.0 Å². The first-order valence-corrected chi connectivity index (χ1v) is 7.15. The molecule has 0 saturated carbocycles. The Labute approximate surface area is 122 Å². The zero-order chi connectivity index (χ0) is 13.4. The first kappa shape index (κ1) is 12.4. The van der Waals surface area contributed by atoms with Gasteiger partial charge in [0.25, 0.3) is 0 Å². The highest BCUT2D eigenvalue weighted by Gasteiger charge is 2.10. The van der Waals surface area contributed by atoms with E-state index in [-0.39, 0.29) is 0 Å². The second kappa shape index (κ2) is 4.79. The maximum absolute atomic E-state index is 5.98. The summed E-state index contributed by atoms with van der Waals surface area (Å²) >= 11 is 4.98. The fraction of sp³-hybridized carbons (Fsp3) is 0.0769. The third kappa shape index (κ3) is 2.29. The van der Waals surface area contributed by atoms with Crippen molar-refractivity contribution in [2.45, 2.75) is 0 Å². The van der Waals surface area contributed by atoms with E-state index in [0.29, 0.717) is 11.6 Å². The van der Waals surface area contributed by atoms with Gasteiger partial charge in [0, 0.05) is 5.56 Å². The first-order chi connectivity index (χ1) is 9.17. The van der Waals surface area contributed by atoms with E-state index in [9.17, 15) is 0 Å². The predicted octanol–water partition coefficient (Wildman–Crippen LogP) is 3.71. The lowest BCUT2D eigenvalue weighted by Gasteiger charge is -2.04. The second-order valence-corrected chi connectivity index (χ2v) is 6.34. The van der Waals surface area contributed by atoms with Crippen molar-refractivity contribution in [2.24, 2.45) is 0 Å². The molecule has 6 heteroatoms. The maximum Gasteiger partial charge on any atom is 0.163 e. The molecule has 0 aliphatic rings. The fourth-order valence-electron chi connectivity index (χ4n) is 1.81. The summed E-state index contributed by atoms with van der Waals surface area (Å²) in [5.41, 5.74) is 6.87. The Kier molecular flexibility index (Phi) is 3.12. The Morgan fingerprint density at radius 2 is 2.11 bits per heavy atom. The number of fused-ring (bicyclic) bond motifs is 1. The number of nitrogen functional groups attached to an aromatic ring is 1. The van der Waals surface area contributed by atoms with Crippen LogP contribution in [0.15, 0.2) is 34.1 Å². The maximum atomic E-state index is 5.98. The number of nitrogens with two attached hydrogens (primary N) is 1. The molecule has 19 heavy (non-hydrogen) atoms. The molecule has 2 heterocycles. The van der Waals surface area contributed by atoms with Gasteiger partial charge in [-0.3, -0.25) is 0 Å². The summed E-state index contributed by atoms with van der Waals surface area (Å²) in [4.78, 5) is 9.77. The molecule has 2 aromatic heterocycles. The van der Waals surface area contributed by atoms with Crippen molar-refractivity contribution < 1.29 is 4.74 Å². The van der Waals surface area contributed by atoms with Crippen LogP contribution in [0.3, 0.4) is 0 Å². The molecule has 3 aromatic rings. The van der Waals surface area contributed by atoms with Crippen LogP contribution in [0.25, 0.3) is 21.6 Å². The highest BCUT2D eigenvalue weighted by atomic mass is 79.9. The van der Waals surface area contributed by atoms with E-state index in [1.165, 1.54) is 11.3 Å². The van der Waals surface area contributed by atoms with Crippen LogP contribution >= 0.6 is 27.3 Å². The monoisotopic (exact) mass is 335 g/mol. The van der Waals surface area contributed by atoms with Crippen molar-refractivity contribution in [3.8, 4) is 17.1 Å². The average molecular weight is 336 g/mol. The van der Waals surface area contributed by atoms with Crippen molar-refractivity contribution in [3.05, 3.63) is 34.1 Å². The van der Waals surface area contributed by atoms with E-state index in [1.807, 2.05) is 30.3 Å². The van der Waals surface area contributed by atoms with Gasteiger partial charge in [-0.1, -0.05) is 12.1 Å². The molecule has 0 saturated heterocycles. The third-order valence-corrected chi connectivity index (χ3v) is 4.25. The normalized spacial score (nSPS) is 10.8. The zero-order valence-electron chi connectivity index (χ0n) is 10.1. The Morgan fingerprint density at radius 3 is 2.89 bits per heavy atom. The Balaban J connectivity index is 2.18. The van der Waals surface area contributed by atoms with Crippen molar-refractivity contribution >= 4 is 43.3 Å². The van der Waals surface area contributed by atoms with Gasteiger partial charge >= 0.3 is 0 Å². The number of benzene rings is 1. The van der Waals surface area contributed by atoms with E-state index in [0.717, 1.165) is 25.3 Å². The summed E-state index contributed by atoms with van der Waals surface area (Å²) in [7, 11) is 1.63. The van der Waals surface area contributed by atoms with Gasteiger partial charge in [-0.15, -0.1) is 11.3 Å². The summed E-state index contributed by atoms with van der Waals surface area (Å²) in [6, 6.07) is 9.55. The largest absolute Gasteiger partial charge is 0.497 e. The molecule has 4 nitrogen and oxygen atoms in total. The van der Waals surface area contributed by atoms with Gasteiger partial charge < -0.3 is 10.5 Å². The number of thiophene rings is 1. The predicted molar refractivity (Wildman–Crippen MR) is 81.5 cm³/mol. The Bertz CT molecular complexity index is 757. The molecule has 0 unspecified atom stereocenters. The molecule has 0 spiro atoms. The minimum atomic E-state index is 0.491. The number of methoxy groups -OCH3 is 1. The number of aromatic nitrogens is 2. The summed E-state index contributed by atoms with van der Waals surface area (Å²) in [5.74, 6) is 1.87. The van der Waals surface area contributed by atoms with E-state index in [4.69, 9.17) is 10.5 Å². The lowest BCUT2D eigenvalue weighted by molar-refractivity contribution is 0.415. The second-order valence-electron chi connectivity index (χ2n) is 3.93. The highest BCUT2D eigenvalue weighted by Crippen LogP contribution is 2.33. The quantitative estimate of drug-likeness (QED) is 0.775. The molecule has 0 amide bonds. The van der Waals surface area contributed by atoms with Gasteiger partial charge in [0.15, 0.2) is 5.82 Å². The lowest BCUT2D eigenvalue weighted by Crippen LogP contribution is -1.96. The molecule has 0 fully saturated rings. The smallest absolute Gasteiger partial charge is 0.163 e. The number of ether oxygens (including phenoxy) is 1. The molecular weight excluding hydrogens is 326 g/mol. The molecule has 0 bridgehead atoms. The number of hydrogen-bond donors (Lipinski definition) is 1. The van der Waals surface area contributed by atoms with Crippen LogP contribution in [0.5, 0.6) is 5.75 Å². The molecule has 0 radical (unpaired) electrons. The van der Waals surface area contributed by atoms with Crippen LogP contribution < -0.4 is 10.5 Å². The van der Waals surface area contributed by atoms with E-state index >= 15 is 0 Å². The van der Waals surface area contributed by atoms with Crippen molar-refractivity contribution in [1.29, 1.82) is 0 Å². The summed E-state index contributed by atoms with van der Waals surface area (Å²) in [6.45, 7) is 0. The number of halogens is 1. The van der Waals surface area contributed by atoms with Crippen LogP contribution in [0.2, 0.25) is 0 Å². The number of nitrogens with zero attached hydrogens (tertiary/aromatic N) is 2. The summed E-state index contributed by atoms with van der Waals surface area (Å²) in [6.07, 6.45) is 0. The third-order valence-electron chi connectivity index (χ3n) is 2.72. The fourth-order valence-corrected chi connectivity index (χ4v) is 3.26. The molecule has 96 valence electrons. The molecule has 1 aromatic carbocycles. The van der Waals surface area contributed by atoms with Crippen molar-refractivity contribution in [1.82, 2.24) is 9.97 Å². The number of anilines is 1. The van der Waals surface area contributed by atoms with E-state index in [1.54, 1.807) is 7.11 Å². The molecule has 3 rings (SSSR count). The molecular formula is C13H10BrN3OS. The van der Waals surface area contributed by atoms with Gasteiger partial charge in [-0.25, -0.2) is 9.97 Å². The van der Waals surface area contributed by atoms with E-state index < -0.39 is 0 Å². The molecule has 0 atom stereocenters. The Hall–Kier alpha value is -1.66. The summed E-state index contributed by atoms with van der Waals surface area (Å²) < 4.78 is 6.20. The zero-order valence-corrected chi connectivity index (χ0v) is 12.5. The minimum absolute atomic E-state index is 0.491. The first-order valence-electron chi connectivity index (χ1n) is 5.54. The van der Waals surface area contributed by atoms with Crippen LogP contribution in [-0.4, -0.2) is 17.1 Å². The van der Waals surface area contributed by atoms with Crippen LogP contribution in [0.4, 0.5) is 5.82 Å². The Morgan fingerprint density at radius 1 is 1.26 bits per heavy atom. The number of rotatable bonds is 2. The van der Waals surface area contributed by atoms with Gasteiger partial charge in [-0.2, -0.15) is 0 Å². The molecule has 0 aliphatic heterocycles. The van der Waals surface area contributed by atoms with Gasteiger partial charge in [0.05, 0.1) is 16.3 Å². The van der Waals surface area contributed by atoms with E-state index in [2.05, 4.69) is 25.9 Å². The van der Waals surface area contributed by atoms with Gasteiger partial charge in [0.2, 0.25) is 0 Å². The lowest BCUT2D eigenvalue weighted by atomic mass is 10.2. The van der Waals surface area contributed by atoms with Crippen LogP contribution in [0, 0.1) is 0 Å². The van der Waals surface area contributed by atoms with Crippen LogP contribution in [-0.2, 0) is 0 Å². The van der Waals surface area contributed by atoms with Crippen molar-refractivity contribution in [3.63, 3.8) is 0 Å². The molecule has 2 N–H and O–H groups in total. The van der Waals surface area contributed by atoms with Crippen molar-refractivity contribution in [2.75, 3.05) is 12.8 Å². The van der Waals surface area contributed by atoms with Gasteiger partial charge in [0.1, 0.15) is 16.4 Å². The van der Waals surface area contributed by atoms with Crippen LogP contribution in [0.1, 0.15) is 0 Å². The standard InChI is InChI=1S/C13H10BrN3OS/c1-18-8-4-2-3-7(5-8)12-16-11(15)9-6-10(14)19-13(9)17-12/h2-6H,1H3,(H2,15,16,17). The summed E-state index contributed by atoms with van der Waals surface area (Å²) in [5, 5.41) is 0.878. The van der Waals surface area contributed by atoms with Gasteiger partial charge in [-0.05, 0) is 34.1 Å². The number of hydrogen-bond acceptors (Lipinski definition) is 5. The SMILES string of the molecule is COc1cccc(-c2nc(N)c3cc(Br)sc3n2)c1. The molecule has 0 aliphatic carbocycles. The highest BCUT2D eigenvalue weighted by molar-refractivity contribution is 9.11. The minimum Gasteiger partial charge on any atom is -0.497 e. The average Bonchev–Trinajstić information content (AvgIpc) is 2.80.